The van der Waals surface area contributed by atoms with E-state index < -0.39 is 0 Å². The van der Waals surface area contributed by atoms with Gasteiger partial charge in [0.25, 0.3) is 0 Å². The lowest BCUT2D eigenvalue weighted by molar-refractivity contribution is -0.140. The summed E-state index contributed by atoms with van der Waals surface area (Å²) in [6.45, 7) is 0. The van der Waals surface area contributed by atoms with Crippen molar-refractivity contribution in [3.63, 3.8) is 0 Å². The highest BCUT2D eigenvalue weighted by Gasteiger charge is 2.21. The molecule has 116 valence electrons. The van der Waals surface area contributed by atoms with Crippen LogP contribution in [0.3, 0.4) is 0 Å². The molecular weight excluding hydrogens is 320 g/mol. The highest BCUT2D eigenvalue weighted by atomic mass is 35.5. The first-order valence-corrected chi connectivity index (χ1v) is 8.14. The maximum absolute atomic E-state index is 12.0. The molecule has 0 amide bonds. The van der Waals surface area contributed by atoms with Crippen molar-refractivity contribution in [3.05, 3.63) is 64.7 Å². The quantitative estimate of drug-likeness (QED) is 0.728. The molecule has 0 aromatic heterocycles. The average molecular weight is 337 g/mol. The van der Waals surface area contributed by atoms with Gasteiger partial charge in [0.2, 0.25) is 0 Å². The number of carbonyl (C=O) groups is 1. The van der Waals surface area contributed by atoms with Gasteiger partial charge < -0.3 is 9.47 Å². The summed E-state index contributed by atoms with van der Waals surface area (Å²) in [5.41, 5.74) is 2.00. The van der Waals surface area contributed by atoms with Crippen molar-refractivity contribution < 1.29 is 14.3 Å². The molecule has 0 saturated heterocycles. The summed E-state index contributed by atoms with van der Waals surface area (Å²) in [5.74, 6) is 1.25. The Morgan fingerprint density at radius 3 is 2.27 bits per heavy atom. The van der Waals surface area contributed by atoms with Crippen molar-refractivity contribution in [3.8, 4) is 5.75 Å². The van der Waals surface area contributed by atoms with E-state index in [9.17, 15) is 4.79 Å². The standard InChI is InChI=1S/C17H17ClO3S/c1-20-15-9-3-12(4-10-15)11-22-16(17(19)21-2)13-5-7-14(18)8-6-13/h3-10,16H,11H2,1-2H3. The molecule has 0 heterocycles. The van der Waals surface area contributed by atoms with E-state index in [2.05, 4.69) is 0 Å². The zero-order chi connectivity index (χ0) is 15.9. The first kappa shape index (κ1) is 16.7. The second kappa shape index (κ2) is 8.11. The Morgan fingerprint density at radius 1 is 1.09 bits per heavy atom. The molecule has 0 aliphatic rings. The maximum Gasteiger partial charge on any atom is 0.323 e. The summed E-state index contributed by atoms with van der Waals surface area (Å²) >= 11 is 7.42. The highest BCUT2D eigenvalue weighted by Crippen LogP contribution is 2.33. The molecule has 2 rings (SSSR count). The van der Waals surface area contributed by atoms with Crippen LogP contribution >= 0.6 is 23.4 Å². The molecule has 0 aliphatic carbocycles. The molecule has 0 N–H and O–H groups in total. The fourth-order valence-corrected chi connectivity index (χ4v) is 3.21. The lowest BCUT2D eigenvalue weighted by Crippen LogP contribution is -2.11. The van der Waals surface area contributed by atoms with Crippen molar-refractivity contribution in [2.75, 3.05) is 14.2 Å². The average Bonchev–Trinajstić information content (AvgIpc) is 2.56. The molecule has 1 unspecified atom stereocenters. The van der Waals surface area contributed by atoms with Gasteiger partial charge in [-0.15, -0.1) is 11.8 Å². The number of esters is 1. The summed E-state index contributed by atoms with van der Waals surface area (Å²) in [7, 11) is 3.04. The summed E-state index contributed by atoms with van der Waals surface area (Å²) in [4.78, 5) is 12.0. The Bertz CT molecular complexity index is 611. The molecule has 2 aromatic carbocycles. The van der Waals surface area contributed by atoms with Crippen LogP contribution in [0.5, 0.6) is 5.75 Å². The van der Waals surface area contributed by atoms with E-state index in [1.54, 1.807) is 19.2 Å². The Labute approximate surface area is 139 Å². The minimum atomic E-state index is -0.371. The van der Waals surface area contributed by atoms with Crippen molar-refractivity contribution in [1.29, 1.82) is 0 Å². The van der Waals surface area contributed by atoms with Crippen molar-refractivity contribution in [2.45, 2.75) is 11.0 Å². The molecule has 3 nitrogen and oxygen atoms in total. The van der Waals surface area contributed by atoms with Gasteiger partial charge in [0.05, 0.1) is 14.2 Å². The second-order valence-corrected chi connectivity index (χ2v) is 6.14. The molecule has 1 atom stereocenters. The number of hydrogen-bond acceptors (Lipinski definition) is 4. The Morgan fingerprint density at radius 2 is 1.73 bits per heavy atom. The van der Waals surface area contributed by atoms with Crippen LogP contribution in [0.4, 0.5) is 0 Å². The smallest absolute Gasteiger partial charge is 0.323 e. The van der Waals surface area contributed by atoms with Gasteiger partial charge in [0, 0.05) is 10.8 Å². The van der Waals surface area contributed by atoms with Crippen LogP contribution in [-0.2, 0) is 15.3 Å². The van der Waals surface area contributed by atoms with E-state index in [-0.39, 0.29) is 11.2 Å². The van der Waals surface area contributed by atoms with Crippen LogP contribution < -0.4 is 4.74 Å². The molecule has 22 heavy (non-hydrogen) atoms. The number of thioether (sulfide) groups is 1. The third-order valence-corrected chi connectivity index (χ3v) is 4.71. The molecule has 0 bridgehead atoms. The molecular formula is C17H17ClO3S. The number of ether oxygens (including phenoxy) is 2. The van der Waals surface area contributed by atoms with Gasteiger partial charge >= 0.3 is 5.97 Å². The topological polar surface area (TPSA) is 35.5 Å². The van der Waals surface area contributed by atoms with Gasteiger partial charge in [-0.25, -0.2) is 0 Å². The fraction of sp³-hybridized carbons (Fsp3) is 0.235. The molecule has 2 aromatic rings. The summed E-state index contributed by atoms with van der Waals surface area (Å²) in [5, 5.41) is 0.275. The van der Waals surface area contributed by atoms with Crippen LogP contribution in [0.25, 0.3) is 0 Å². The third kappa shape index (κ3) is 4.42. The predicted octanol–water partition coefficient (Wildman–Crippen LogP) is 4.50. The van der Waals surface area contributed by atoms with Crippen molar-refractivity contribution in [1.82, 2.24) is 0 Å². The van der Waals surface area contributed by atoms with Gasteiger partial charge in [0.15, 0.2) is 0 Å². The van der Waals surface area contributed by atoms with Crippen molar-refractivity contribution in [2.24, 2.45) is 0 Å². The molecule has 0 spiro atoms. The van der Waals surface area contributed by atoms with E-state index in [1.807, 2.05) is 36.4 Å². The van der Waals surface area contributed by atoms with Crippen LogP contribution in [0.15, 0.2) is 48.5 Å². The zero-order valence-electron chi connectivity index (χ0n) is 12.4. The number of halogens is 1. The summed E-state index contributed by atoms with van der Waals surface area (Å²) in [6, 6.07) is 15.1. The number of carbonyl (C=O) groups excluding carboxylic acids is 1. The van der Waals surface area contributed by atoms with Crippen LogP contribution in [0.1, 0.15) is 16.4 Å². The SMILES string of the molecule is COC(=O)C(SCc1ccc(OC)cc1)c1ccc(Cl)cc1. The van der Waals surface area contributed by atoms with Crippen molar-refractivity contribution >= 4 is 29.3 Å². The van der Waals surface area contributed by atoms with Gasteiger partial charge in [-0.3, -0.25) is 4.79 Å². The maximum atomic E-state index is 12.0. The van der Waals surface area contributed by atoms with E-state index in [0.29, 0.717) is 10.8 Å². The first-order chi connectivity index (χ1) is 10.6. The van der Waals surface area contributed by atoms with Crippen LogP contribution in [0.2, 0.25) is 5.02 Å². The molecule has 0 saturated carbocycles. The lowest BCUT2D eigenvalue weighted by Gasteiger charge is -2.15. The molecule has 0 fully saturated rings. The molecule has 5 heteroatoms. The Hall–Kier alpha value is -1.65. The number of hydrogen-bond donors (Lipinski definition) is 0. The number of rotatable bonds is 6. The lowest BCUT2D eigenvalue weighted by atomic mass is 10.1. The van der Waals surface area contributed by atoms with Crippen LogP contribution in [0, 0.1) is 0 Å². The highest BCUT2D eigenvalue weighted by molar-refractivity contribution is 7.99. The van der Waals surface area contributed by atoms with Gasteiger partial charge in [-0.1, -0.05) is 35.9 Å². The molecule has 0 aliphatic heterocycles. The van der Waals surface area contributed by atoms with Gasteiger partial charge in [-0.05, 0) is 35.4 Å². The summed E-state index contributed by atoms with van der Waals surface area (Å²) < 4.78 is 10.0. The minimum absolute atomic E-state index is 0.263. The Balaban J connectivity index is 2.09. The normalized spacial score (nSPS) is 11.8. The third-order valence-electron chi connectivity index (χ3n) is 3.16. The zero-order valence-corrected chi connectivity index (χ0v) is 14.0. The Kier molecular flexibility index (Phi) is 6.16. The first-order valence-electron chi connectivity index (χ1n) is 6.72. The van der Waals surface area contributed by atoms with E-state index >= 15 is 0 Å². The monoisotopic (exact) mass is 336 g/mol. The van der Waals surface area contributed by atoms with E-state index in [1.165, 1.54) is 18.9 Å². The molecule has 0 radical (unpaired) electrons. The number of benzene rings is 2. The predicted molar refractivity (Wildman–Crippen MR) is 90.5 cm³/mol. The second-order valence-electron chi connectivity index (χ2n) is 4.61. The van der Waals surface area contributed by atoms with Gasteiger partial charge in [-0.2, -0.15) is 0 Å². The van der Waals surface area contributed by atoms with E-state index in [4.69, 9.17) is 21.1 Å². The van der Waals surface area contributed by atoms with E-state index in [0.717, 1.165) is 16.9 Å². The largest absolute Gasteiger partial charge is 0.497 e. The van der Waals surface area contributed by atoms with Gasteiger partial charge in [0.1, 0.15) is 11.0 Å². The fourth-order valence-electron chi connectivity index (χ4n) is 1.95. The number of methoxy groups -OCH3 is 2. The van der Waals surface area contributed by atoms with Crippen LogP contribution in [-0.4, -0.2) is 20.2 Å². The summed E-state index contributed by atoms with van der Waals surface area (Å²) in [6.07, 6.45) is 0. The minimum Gasteiger partial charge on any atom is -0.497 e.